The maximum atomic E-state index is 12.1. The lowest BCUT2D eigenvalue weighted by molar-refractivity contribution is -0.0498. The summed E-state index contributed by atoms with van der Waals surface area (Å²) in [5, 5.41) is 40.3. The average Bonchev–Trinajstić information content (AvgIpc) is 3.52. The lowest BCUT2D eigenvalue weighted by Gasteiger charge is -2.03. The van der Waals surface area contributed by atoms with E-state index in [1.807, 2.05) is 50.2 Å². The number of aromatic nitrogens is 2. The molecule has 0 unspecified atom stereocenters. The minimum absolute atomic E-state index is 0.00436. The Kier molecular flexibility index (Phi) is 8.99. The van der Waals surface area contributed by atoms with E-state index >= 15 is 0 Å². The van der Waals surface area contributed by atoms with Crippen molar-refractivity contribution in [2.24, 2.45) is 9.98 Å². The first-order valence-electron chi connectivity index (χ1n) is 13.8. The van der Waals surface area contributed by atoms with Crippen LogP contribution in [0.1, 0.15) is 32.6 Å². The van der Waals surface area contributed by atoms with E-state index in [0.29, 0.717) is 22.5 Å². The number of nitrogens with one attached hydrogen (secondary N) is 2. The normalized spacial score (nSPS) is 11.5. The van der Waals surface area contributed by atoms with Crippen LogP contribution in [0.2, 0.25) is 0 Å². The zero-order valence-corrected chi connectivity index (χ0v) is 24.5. The summed E-state index contributed by atoms with van der Waals surface area (Å²) < 4.78 is 28.5. The van der Waals surface area contributed by atoms with Gasteiger partial charge in [0.15, 0.2) is 11.8 Å². The maximum absolute atomic E-state index is 12.1. The van der Waals surface area contributed by atoms with E-state index < -0.39 is 12.6 Å². The third kappa shape index (κ3) is 6.81. The van der Waals surface area contributed by atoms with Crippen molar-refractivity contribution in [3.8, 4) is 23.3 Å². The second-order valence-corrected chi connectivity index (χ2v) is 10.2. The quantitative estimate of drug-likeness (QED) is 0.0988. The molecule has 2 heterocycles. The third-order valence-electron chi connectivity index (χ3n) is 7.06. The molecule has 0 radical (unpaired) electrons. The first kappa shape index (κ1) is 31.3. The fourth-order valence-corrected chi connectivity index (χ4v) is 4.90. The van der Waals surface area contributed by atoms with Gasteiger partial charge in [0.05, 0.1) is 22.5 Å². The van der Waals surface area contributed by atoms with Gasteiger partial charge in [-0.05, 0) is 79.6 Å². The molecule has 6 aromatic rings. The van der Waals surface area contributed by atoms with E-state index in [-0.39, 0.29) is 28.8 Å². The number of fused-ring (bicyclic) bond motifs is 2. The number of aromatic amines is 2. The highest BCUT2D eigenvalue weighted by Crippen LogP contribution is 2.31. The lowest BCUT2D eigenvalue weighted by Crippen LogP contribution is -2.01. The molecule has 0 amide bonds. The number of aromatic hydroxyl groups is 3. The van der Waals surface area contributed by atoms with Crippen LogP contribution in [-0.4, -0.2) is 55.4 Å². The van der Waals surface area contributed by atoms with E-state index in [1.54, 1.807) is 18.3 Å². The Balaban J connectivity index is 0.000000181. The van der Waals surface area contributed by atoms with Crippen molar-refractivity contribution in [1.82, 2.24) is 9.97 Å². The molecule has 0 aliphatic heterocycles. The number of alkyl halides is 2. The lowest BCUT2D eigenvalue weighted by atomic mass is 10.1. The molecule has 0 bridgehead atoms. The molecule has 12 heteroatoms. The van der Waals surface area contributed by atoms with Crippen molar-refractivity contribution in [3.05, 3.63) is 107 Å². The highest BCUT2D eigenvalue weighted by atomic mass is 19.3. The molecule has 234 valence electrons. The molecular formula is C34H28F2N4O6. The number of hydrogen-bond acceptors (Lipinski definition) is 7. The molecule has 0 fully saturated rings. The highest BCUT2D eigenvalue weighted by molar-refractivity contribution is 6.05. The summed E-state index contributed by atoms with van der Waals surface area (Å²) in [6.45, 7) is 1.02. The Labute approximate surface area is 260 Å². The van der Waals surface area contributed by atoms with E-state index in [0.717, 1.165) is 32.9 Å². The number of halogens is 2. The number of hydrogen-bond donors (Lipinski definition) is 6. The molecule has 6 rings (SSSR count). The van der Waals surface area contributed by atoms with Crippen molar-refractivity contribution < 1.29 is 38.7 Å². The number of aryl methyl sites for hydroxylation is 2. The average molecular weight is 627 g/mol. The molecular weight excluding hydrogens is 598 g/mol. The molecule has 0 saturated heterocycles. The second-order valence-electron chi connectivity index (χ2n) is 10.2. The van der Waals surface area contributed by atoms with Crippen LogP contribution in [0.25, 0.3) is 21.8 Å². The number of nitrogens with zero attached hydrogens (tertiary/aromatic N) is 2. The number of aliphatic imine (C=N–C) groups is 2. The third-order valence-corrected chi connectivity index (χ3v) is 7.06. The zero-order chi connectivity index (χ0) is 33.0. The van der Waals surface area contributed by atoms with Gasteiger partial charge in [0, 0.05) is 34.2 Å². The Morgan fingerprint density at radius 1 is 0.761 bits per heavy atom. The van der Waals surface area contributed by atoms with Gasteiger partial charge in [-0.2, -0.15) is 8.78 Å². The van der Waals surface area contributed by atoms with Crippen molar-refractivity contribution in [1.29, 1.82) is 0 Å². The van der Waals surface area contributed by atoms with Crippen LogP contribution in [0.3, 0.4) is 0 Å². The fraction of sp³-hybridized carbons (Fsp3) is 0.0882. The first-order valence-corrected chi connectivity index (χ1v) is 13.8. The summed E-state index contributed by atoms with van der Waals surface area (Å²) in [6, 6.07) is 21.4. The second kappa shape index (κ2) is 13.2. The summed E-state index contributed by atoms with van der Waals surface area (Å²) >= 11 is 0. The van der Waals surface area contributed by atoms with Crippen LogP contribution in [-0.2, 0) is 0 Å². The fourth-order valence-electron chi connectivity index (χ4n) is 4.90. The summed E-state index contributed by atoms with van der Waals surface area (Å²) in [7, 11) is 0. The van der Waals surface area contributed by atoms with Gasteiger partial charge in [-0.15, -0.1) is 0 Å². The minimum Gasteiger partial charge on any atom is -0.507 e. The summed E-state index contributed by atoms with van der Waals surface area (Å²) in [6.07, 6.45) is 3.02. The van der Waals surface area contributed by atoms with Gasteiger partial charge in [-0.1, -0.05) is 24.3 Å². The first-order chi connectivity index (χ1) is 22.0. The van der Waals surface area contributed by atoms with E-state index in [4.69, 9.17) is 5.11 Å². The van der Waals surface area contributed by atoms with Crippen LogP contribution < -0.4 is 4.74 Å². The van der Waals surface area contributed by atoms with Crippen LogP contribution in [0, 0.1) is 13.8 Å². The monoisotopic (exact) mass is 626 g/mol. The van der Waals surface area contributed by atoms with Crippen molar-refractivity contribution >= 4 is 51.6 Å². The van der Waals surface area contributed by atoms with Gasteiger partial charge in [-0.25, -0.2) is 4.79 Å². The summed E-state index contributed by atoms with van der Waals surface area (Å²) in [4.78, 5) is 25.3. The summed E-state index contributed by atoms with van der Waals surface area (Å²) in [5.41, 5.74) is 5.44. The molecule has 0 atom stereocenters. The van der Waals surface area contributed by atoms with Crippen molar-refractivity contribution in [2.75, 3.05) is 0 Å². The largest absolute Gasteiger partial charge is 0.507 e. The molecule has 46 heavy (non-hydrogen) atoms. The molecule has 2 aromatic heterocycles. The Bertz CT molecular complexity index is 2100. The standard InChI is InChI=1S/C17H14F2N2O2.C17H14N2O4/c1-10-3-2-4-14-15(10)13(16(22)21-14)9-20-11-5-7-12(8-6-11)23-17(18)19;1-9-3-2-4-13-15(9)12(16(21)19-13)8-18-10-5-6-14(20)11(7-10)17(22)23/h2-9,17,21-22H,1H3;2-8,19-21H,1H3,(H,22,23). The molecule has 0 saturated carbocycles. The number of phenols is 1. The number of aromatic carboxylic acids is 1. The van der Waals surface area contributed by atoms with Gasteiger partial charge < -0.3 is 35.1 Å². The predicted octanol–water partition coefficient (Wildman–Crippen LogP) is 7.87. The van der Waals surface area contributed by atoms with Crippen LogP contribution in [0.4, 0.5) is 20.2 Å². The minimum atomic E-state index is -2.85. The Morgan fingerprint density at radius 2 is 1.26 bits per heavy atom. The smallest absolute Gasteiger partial charge is 0.387 e. The molecule has 10 nitrogen and oxygen atoms in total. The Morgan fingerprint density at radius 3 is 1.76 bits per heavy atom. The number of ether oxygens (including phenoxy) is 1. The number of benzene rings is 4. The molecule has 0 spiro atoms. The van der Waals surface area contributed by atoms with Crippen LogP contribution in [0.15, 0.2) is 88.8 Å². The van der Waals surface area contributed by atoms with Gasteiger partial charge in [0.2, 0.25) is 0 Å². The Hall–Kier alpha value is -6.17. The van der Waals surface area contributed by atoms with E-state index in [1.165, 1.54) is 36.5 Å². The van der Waals surface area contributed by atoms with Gasteiger partial charge in [0.25, 0.3) is 0 Å². The molecule has 0 aliphatic rings. The maximum Gasteiger partial charge on any atom is 0.387 e. The van der Waals surface area contributed by atoms with Crippen LogP contribution >= 0.6 is 0 Å². The number of H-pyrrole nitrogens is 2. The number of carboxylic acids is 1. The van der Waals surface area contributed by atoms with Crippen molar-refractivity contribution in [3.63, 3.8) is 0 Å². The zero-order valence-electron chi connectivity index (χ0n) is 24.5. The van der Waals surface area contributed by atoms with E-state index in [9.17, 15) is 28.9 Å². The predicted molar refractivity (Wildman–Crippen MR) is 172 cm³/mol. The molecule has 6 N–H and O–H groups in total. The number of carboxylic acid groups (broad SMARTS) is 1. The SMILES string of the molecule is Cc1cccc2[nH]c(O)c(C=Nc3ccc(O)c(C(=O)O)c3)c12.Cc1cccc2[nH]c(O)c(C=Nc3ccc(OC(F)F)cc3)c12. The molecule has 4 aromatic carbocycles. The van der Waals surface area contributed by atoms with Gasteiger partial charge in [-0.3, -0.25) is 9.98 Å². The molecule has 0 aliphatic carbocycles. The van der Waals surface area contributed by atoms with Gasteiger partial charge in [0.1, 0.15) is 17.1 Å². The van der Waals surface area contributed by atoms with E-state index in [2.05, 4.69) is 24.7 Å². The topological polar surface area (TPSA) is 164 Å². The highest BCUT2D eigenvalue weighted by Gasteiger charge is 2.13. The number of rotatable bonds is 7. The summed E-state index contributed by atoms with van der Waals surface area (Å²) in [5.74, 6) is -1.44. The number of carbonyl (C=O) groups is 1. The van der Waals surface area contributed by atoms with Crippen LogP contribution in [0.5, 0.6) is 23.3 Å². The van der Waals surface area contributed by atoms with Gasteiger partial charge >= 0.3 is 12.6 Å². The van der Waals surface area contributed by atoms with Crippen molar-refractivity contribution in [2.45, 2.75) is 20.5 Å².